The van der Waals surface area contributed by atoms with Crippen LogP contribution in [0.4, 0.5) is 0 Å². The van der Waals surface area contributed by atoms with Crippen LogP contribution in [0.5, 0.6) is 0 Å². The Kier molecular flexibility index (Phi) is 4.20. The summed E-state index contributed by atoms with van der Waals surface area (Å²) in [7, 11) is 0. The van der Waals surface area contributed by atoms with Crippen molar-refractivity contribution in [2.75, 3.05) is 19.8 Å². The fourth-order valence-electron chi connectivity index (χ4n) is 1.57. The number of hydrogen-bond acceptors (Lipinski definition) is 2. The number of ether oxygens (including phenoxy) is 1. The van der Waals surface area contributed by atoms with Gasteiger partial charge >= 0.3 is 0 Å². The van der Waals surface area contributed by atoms with Gasteiger partial charge in [-0.2, -0.15) is 0 Å². The molecule has 0 aromatic carbocycles. The molecule has 0 saturated carbocycles. The smallest absolute Gasteiger partial charge is 0.0619 e. The van der Waals surface area contributed by atoms with Crippen molar-refractivity contribution < 1.29 is 4.74 Å². The zero-order valence-corrected chi connectivity index (χ0v) is 9.23. The van der Waals surface area contributed by atoms with E-state index >= 15 is 0 Å². The summed E-state index contributed by atoms with van der Waals surface area (Å²) in [5, 5.41) is 3.48. The normalized spacial score (nSPS) is 24.7. The van der Waals surface area contributed by atoms with Crippen LogP contribution in [0.1, 0.15) is 40.0 Å². The summed E-state index contributed by atoms with van der Waals surface area (Å²) < 4.78 is 5.68. The van der Waals surface area contributed by atoms with Crippen LogP contribution >= 0.6 is 0 Å². The van der Waals surface area contributed by atoms with Crippen molar-refractivity contribution in [2.24, 2.45) is 5.41 Å². The van der Waals surface area contributed by atoms with Crippen LogP contribution in [-0.4, -0.2) is 25.8 Å². The first-order valence-electron chi connectivity index (χ1n) is 5.39. The lowest BCUT2D eigenvalue weighted by Crippen LogP contribution is -2.38. The van der Waals surface area contributed by atoms with Gasteiger partial charge in [0.2, 0.25) is 0 Å². The van der Waals surface area contributed by atoms with Gasteiger partial charge in [-0.05, 0) is 24.8 Å². The molecule has 1 atom stereocenters. The van der Waals surface area contributed by atoms with E-state index in [1.807, 2.05) is 0 Å². The van der Waals surface area contributed by atoms with E-state index in [1.54, 1.807) is 0 Å². The van der Waals surface area contributed by atoms with Gasteiger partial charge < -0.3 is 10.1 Å². The molecule has 0 aliphatic carbocycles. The molecule has 2 nitrogen and oxygen atoms in total. The predicted molar refractivity (Wildman–Crippen MR) is 55.9 cm³/mol. The second-order valence-electron chi connectivity index (χ2n) is 5.22. The molecule has 1 fully saturated rings. The topological polar surface area (TPSA) is 21.3 Å². The second-order valence-corrected chi connectivity index (χ2v) is 5.22. The van der Waals surface area contributed by atoms with Gasteiger partial charge in [-0.1, -0.05) is 27.2 Å². The molecule has 1 aliphatic rings. The lowest BCUT2D eigenvalue weighted by molar-refractivity contribution is 0.0517. The molecule has 1 heterocycles. The lowest BCUT2D eigenvalue weighted by Gasteiger charge is -2.25. The minimum atomic E-state index is 0.300. The van der Waals surface area contributed by atoms with Gasteiger partial charge in [0.05, 0.1) is 13.2 Å². The number of piperidine rings is 1. The van der Waals surface area contributed by atoms with Gasteiger partial charge in [-0.3, -0.25) is 0 Å². The fourth-order valence-corrected chi connectivity index (χ4v) is 1.57. The summed E-state index contributed by atoms with van der Waals surface area (Å²) in [5.41, 5.74) is 0.300. The van der Waals surface area contributed by atoms with Crippen LogP contribution in [-0.2, 0) is 4.74 Å². The Morgan fingerprint density at radius 2 is 2.08 bits per heavy atom. The first-order chi connectivity index (χ1) is 6.08. The van der Waals surface area contributed by atoms with Crippen LogP contribution < -0.4 is 5.32 Å². The zero-order valence-electron chi connectivity index (χ0n) is 9.23. The van der Waals surface area contributed by atoms with Gasteiger partial charge in [0.25, 0.3) is 0 Å². The molecule has 0 bridgehead atoms. The first-order valence-corrected chi connectivity index (χ1v) is 5.39. The van der Waals surface area contributed by atoms with Gasteiger partial charge in [0.1, 0.15) is 0 Å². The standard InChI is InChI=1S/C11H23NO/c1-11(2,3)9-13-8-10-6-4-5-7-12-10/h10,12H,4-9H2,1-3H3. The average molecular weight is 185 g/mol. The fraction of sp³-hybridized carbons (Fsp3) is 1.00. The highest BCUT2D eigenvalue weighted by Crippen LogP contribution is 2.14. The van der Waals surface area contributed by atoms with E-state index in [9.17, 15) is 0 Å². The summed E-state index contributed by atoms with van der Waals surface area (Å²) in [6.45, 7) is 9.55. The van der Waals surface area contributed by atoms with E-state index in [-0.39, 0.29) is 0 Å². The van der Waals surface area contributed by atoms with E-state index < -0.39 is 0 Å². The molecule has 0 spiro atoms. The Hall–Kier alpha value is -0.0800. The Morgan fingerprint density at radius 3 is 2.62 bits per heavy atom. The molecule has 0 amide bonds. The van der Waals surface area contributed by atoms with Crippen molar-refractivity contribution in [3.63, 3.8) is 0 Å². The third-order valence-electron chi connectivity index (χ3n) is 2.27. The SMILES string of the molecule is CC(C)(C)COCC1CCCCN1. The van der Waals surface area contributed by atoms with Crippen LogP contribution in [0.15, 0.2) is 0 Å². The van der Waals surface area contributed by atoms with E-state index in [1.165, 1.54) is 25.8 Å². The molecule has 0 aromatic rings. The van der Waals surface area contributed by atoms with Crippen molar-refractivity contribution in [1.29, 1.82) is 0 Å². The molecule has 1 rings (SSSR count). The molecule has 78 valence electrons. The van der Waals surface area contributed by atoms with Gasteiger partial charge in [-0.25, -0.2) is 0 Å². The Balaban J connectivity index is 2.04. The monoisotopic (exact) mass is 185 g/mol. The predicted octanol–water partition coefficient (Wildman–Crippen LogP) is 2.19. The van der Waals surface area contributed by atoms with Gasteiger partial charge in [0, 0.05) is 6.04 Å². The van der Waals surface area contributed by atoms with Crippen molar-refractivity contribution >= 4 is 0 Å². The minimum absolute atomic E-state index is 0.300. The first kappa shape index (κ1) is 11.0. The zero-order chi connectivity index (χ0) is 9.73. The van der Waals surface area contributed by atoms with Crippen molar-refractivity contribution in [1.82, 2.24) is 5.32 Å². The molecule has 0 aromatic heterocycles. The third-order valence-corrected chi connectivity index (χ3v) is 2.27. The average Bonchev–Trinajstić information content (AvgIpc) is 2.04. The van der Waals surface area contributed by atoms with Crippen LogP contribution in [0.3, 0.4) is 0 Å². The highest BCUT2D eigenvalue weighted by atomic mass is 16.5. The Bertz CT molecular complexity index is 134. The third kappa shape index (κ3) is 5.27. The largest absolute Gasteiger partial charge is 0.379 e. The Morgan fingerprint density at radius 1 is 1.31 bits per heavy atom. The quantitative estimate of drug-likeness (QED) is 0.727. The molecule has 1 saturated heterocycles. The highest BCUT2D eigenvalue weighted by molar-refractivity contribution is 4.71. The van der Waals surface area contributed by atoms with E-state index in [0.717, 1.165) is 13.2 Å². The summed E-state index contributed by atoms with van der Waals surface area (Å²) in [6.07, 6.45) is 3.97. The molecular weight excluding hydrogens is 162 g/mol. The summed E-state index contributed by atoms with van der Waals surface area (Å²) >= 11 is 0. The number of nitrogens with one attached hydrogen (secondary N) is 1. The van der Waals surface area contributed by atoms with Gasteiger partial charge in [-0.15, -0.1) is 0 Å². The van der Waals surface area contributed by atoms with Crippen molar-refractivity contribution in [2.45, 2.75) is 46.1 Å². The van der Waals surface area contributed by atoms with Crippen LogP contribution in [0.2, 0.25) is 0 Å². The van der Waals surface area contributed by atoms with E-state index in [2.05, 4.69) is 26.1 Å². The molecule has 2 heteroatoms. The molecule has 1 unspecified atom stereocenters. The Labute approximate surface area is 82.0 Å². The van der Waals surface area contributed by atoms with Crippen molar-refractivity contribution in [3.05, 3.63) is 0 Å². The van der Waals surface area contributed by atoms with Crippen molar-refractivity contribution in [3.8, 4) is 0 Å². The van der Waals surface area contributed by atoms with E-state index in [4.69, 9.17) is 4.74 Å². The molecule has 1 aliphatic heterocycles. The summed E-state index contributed by atoms with van der Waals surface area (Å²) in [5.74, 6) is 0. The summed E-state index contributed by atoms with van der Waals surface area (Å²) in [6, 6.07) is 0.607. The molecule has 1 N–H and O–H groups in total. The lowest BCUT2D eigenvalue weighted by atomic mass is 9.98. The van der Waals surface area contributed by atoms with Crippen LogP contribution in [0, 0.1) is 5.41 Å². The number of rotatable bonds is 3. The molecule has 13 heavy (non-hydrogen) atoms. The maximum atomic E-state index is 5.68. The minimum Gasteiger partial charge on any atom is -0.379 e. The number of hydrogen-bond donors (Lipinski definition) is 1. The van der Waals surface area contributed by atoms with E-state index in [0.29, 0.717) is 11.5 Å². The van der Waals surface area contributed by atoms with Crippen LogP contribution in [0.25, 0.3) is 0 Å². The maximum absolute atomic E-state index is 5.68. The summed E-state index contributed by atoms with van der Waals surface area (Å²) in [4.78, 5) is 0. The maximum Gasteiger partial charge on any atom is 0.0619 e. The molecule has 0 radical (unpaired) electrons. The van der Waals surface area contributed by atoms with Gasteiger partial charge in [0.15, 0.2) is 0 Å². The molecular formula is C11H23NO. The highest BCUT2D eigenvalue weighted by Gasteiger charge is 2.15. The second kappa shape index (κ2) is 4.97.